The first kappa shape index (κ1) is 17.1. The Balaban J connectivity index is 1.96. The molecule has 1 heterocycles. The van der Waals surface area contributed by atoms with Gasteiger partial charge < -0.3 is 19.3 Å². The molecule has 6 heteroatoms. The van der Waals surface area contributed by atoms with E-state index in [1.807, 2.05) is 32.0 Å². The van der Waals surface area contributed by atoms with Gasteiger partial charge in [-0.1, -0.05) is 6.07 Å². The number of hydrogen-bond donors (Lipinski definition) is 0. The molecule has 1 aliphatic rings. The summed E-state index contributed by atoms with van der Waals surface area (Å²) in [7, 11) is 0. The van der Waals surface area contributed by atoms with Crippen LogP contribution in [0.4, 0.5) is 0 Å². The Morgan fingerprint density at radius 3 is 2.43 bits per heavy atom. The summed E-state index contributed by atoms with van der Waals surface area (Å²) in [4.78, 5) is 27.4. The average molecular weight is 320 g/mol. The van der Waals surface area contributed by atoms with Crippen molar-refractivity contribution in [2.75, 3.05) is 26.4 Å². The molecule has 2 rings (SSSR count). The Hall–Kier alpha value is -2.24. The number of benzene rings is 1. The van der Waals surface area contributed by atoms with Gasteiger partial charge in [0.2, 0.25) is 18.6 Å². The Kier molecular flexibility index (Phi) is 5.84. The van der Waals surface area contributed by atoms with Gasteiger partial charge in [0.15, 0.2) is 11.5 Å². The van der Waals surface area contributed by atoms with Crippen LogP contribution < -0.4 is 9.47 Å². The molecule has 0 N–H and O–H groups in total. The zero-order chi connectivity index (χ0) is 16.8. The van der Waals surface area contributed by atoms with Gasteiger partial charge >= 0.3 is 0 Å². The Bertz CT molecular complexity index is 570. The van der Waals surface area contributed by atoms with Crippen molar-refractivity contribution in [2.45, 2.75) is 33.7 Å². The van der Waals surface area contributed by atoms with Crippen LogP contribution in [-0.4, -0.2) is 48.0 Å². The summed E-state index contributed by atoms with van der Waals surface area (Å²) in [6.07, 6.45) is 0.339. The molecule has 23 heavy (non-hydrogen) atoms. The minimum atomic E-state index is -0.0463. The molecule has 0 aliphatic carbocycles. The predicted molar refractivity (Wildman–Crippen MR) is 86.2 cm³/mol. The first-order valence-electron chi connectivity index (χ1n) is 7.97. The molecule has 6 nitrogen and oxygen atoms in total. The number of hydrogen-bond acceptors (Lipinski definition) is 4. The van der Waals surface area contributed by atoms with Crippen molar-refractivity contribution in [3.63, 3.8) is 0 Å². The van der Waals surface area contributed by atoms with Crippen molar-refractivity contribution in [1.29, 1.82) is 0 Å². The van der Waals surface area contributed by atoms with E-state index in [4.69, 9.17) is 9.47 Å². The van der Waals surface area contributed by atoms with Gasteiger partial charge in [-0.15, -0.1) is 0 Å². The van der Waals surface area contributed by atoms with Crippen molar-refractivity contribution in [3.8, 4) is 11.5 Å². The Morgan fingerprint density at radius 1 is 1.09 bits per heavy atom. The summed E-state index contributed by atoms with van der Waals surface area (Å²) < 4.78 is 10.6. The topological polar surface area (TPSA) is 59.1 Å². The van der Waals surface area contributed by atoms with Crippen LogP contribution in [0.1, 0.15) is 32.8 Å². The molecule has 2 amide bonds. The fraction of sp³-hybridized carbons (Fsp3) is 0.529. The maximum absolute atomic E-state index is 12.1. The molecule has 0 atom stereocenters. The first-order valence-corrected chi connectivity index (χ1v) is 7.97. The van der Waals surface area contributed by atoms with Crippen molar-refractivity contribution >= 4 is 11.8 Å². The fourth-order valence-electron chi connectivity index (χ4n) is 2.57. The molecule has 1 aromatic rings. The third-order valence-corrected chi connectivity index (χ3v) is 3.97. The van der Waals surface area contributed by atoms with E-state index in [2.05, 4.69) is 0 Å². The summed E-state index contributed by atoms with van der Waals surface area (Å²) in [5.74, 6) is 1.45. The standard InChI is InChI=1S/C17H24N2O4/c1-4-18(5-2)17(21)8-9-19(13(3)20)11-14-6-7-15-16(10-14)23-12-22-15/h6-7,10H,4-5,8-9,11-12H2,1-3H3. The number of nitrogens with zero attached hydrogens (tertiary/aromatic N) is 2. The van der Waals surface area contributed by atoms with Gasteiger partial charge in [-0.3, -0.25) is 9.59 Å². The molecule has 126 valence electrons. The second-order valence-electron chi connectivity index (χ2n) is 5.44. The maximum Gasteiger partial charge on any atom is 0.231 e. The van der Waals surface area contributed by atoms with Crippen LogP contribution in [0.15, 0.2) is 18.2 Å². The van der Waals surface area contributed by atoms with Gasteiger partial charge in [-0.05, 0) is 31.5 Å². The normalized spacial score (nSPS) is 12.1. The third kappa shape index (κ3) is 4.37. The molecule has 1 aliphatic heterocycles. The fourth-order valence-corrected chi connectivity index (χ4v) is 2.57. The van der Waals surface area contributed by atoms with E-state index >= 15 is 0 Å². The largest absolute Gasteiger partial charge is 0.454 e. The second kappa shape index (κ2) is 7.85. The number of carbonyl (C=O) groups excluding carboxylic acids is 2. The highest BCUT2D eigenvalue weighted by Gasteiger charge is 2.17. The molecular formula is C17H24N2O4. The number of carbonyl (C=O) groups is 2. The zero-order valence-corrected chi connectivity index (χ0v) is 14.0. The Morgan fingerprint density at radius 2 is 1.78 bits per heavy atom. The van der Waals surface area contributed by atoms with E-state index in [-0.39, 0.29) is 18.6 Å². The monoisotopic (exact) mass is 320 g/mol. The highest BCUT2D eigenvalue weighted by Crippen LogP contribution is 2.32. The molecular weight excluding hydrogens is 296 g/mol. The van der Waals surface area contributed by atoms with Crippen LogP contribution in [0.2, 0.25) is 0 Å². The summed E-state index contributed by atoms with van der Waals surface area (Å²) in [6, 6.07) is 5.64. The van der Waals surface area contributed by atoms with Crippen LogP contribution in [0.3, 0.4) is 0 Å². The van der Waals surface area contributed by atoms with Crippen LogP contribution in [-0.2, 0) is 16.1 Å². The molecule has 0 saturated heterocycles. The van der Waals surface area contributed by atoms with Crippen LogP contribution in [0, 0.1) is 0 Å². The van der Waals surface area contributed by atoms with Gasteiger partial charge in [-0.2, -0.15) is 0 Å². The lowest BCUT2D eigenvalue weighted by molar-refractivity contribution is -0.133. The molecule has 0 saturated carbocycles. The summed E-state index contributed by atoms with van der Waals surface area (Å²) in [5.41, 5.74) is 0.958. The van der Waals surface area contributed by atoms with Crippen LogP contribution in [0.25, 0.3) is 0 Å². The van der Waals surface area contributed by atoms with E-state index in [1.165, 1.54) is 6.92 Å². The van der Waals surface area contributed by atoms with E-state index in [0.29, 0.717) is 38.3 Å². The average Bonchev–Trinajstić information content (AvgIpc) is 2.99. The van der Waals surface area contributed by atoms with E-state index < -0.39 is 0 Å². The van der Waals surface area contributed by atoms with Crippen molar-refractivity contribution < 1.29 is 19.1 Å². The number of fused-ring (bicyclic) bond motifs is 1. The zero-order valence-electron chi connectivity index (χ0n) is 14.0. The van der Waals surface area contributed by atoms with Crippen LogP contribution in [0.5, 0.6) is 11.5 Å². The molecule has 0 aromatic heterocycles. The lowest BCUT2D eigenvalue weighted by Gasteiger charge is -2.24. The SMILES string of the molecule is CCN(CC)C(=O)CCN(Cc1ccc2c(c1)OCO2)C(C)=O. The third-order valence-electron chi connectivity index (χ3n) is 3.97. The van der Waals surface area contributed by atoms with Gasteiger partial charge in [-0.25, -0.2) is 0 Å². The minimum Gasteiger partial charge on any atom is -0.454 e. The lowest BCUT2D eigenvalue weighted by Crippen LogP contribution is -2.36. The molecule has 1 aromatic carbocycles. The number of amides is 2. The summed E-state index contributed by atoms with van der Waals surface area (Å²) >= 11 is 0. The molecule has 0 spiro atoms. The smallest absolute Gasteiger partial charge is 0.231 e. The van der Waals surface area contributed by atoms with Gasteiger partial charge in [0, 0.05) is 39.5 Å². The van der Waals surface area contributed by atoms with E-state index in [9.17, 15) is 9.59 Å². The van der Waals surface area contributed by atoms with Gasteiger partial charge in [0.05, 0.1) is 0 Å². The molecule has 0 radical (unpaired) electrons. The maximum atomic E-state index is 12.1. The highest BCUT2D eigenvalue weighted by atomic mass is 16.7. The highest BCUT2D eigenvalue weighted by molar-refractivity contribution is 5.78. The van der Waals surface area contributed by atoms with Gasteiger partial charge in [0.25, 0.3) is 0 Å². The molecule has 0 fully saturated rings. The minimum absolute atomic E-state index is 0.0463. The van der Waals surface area contributed by atoms with Crippen LogP contribution >= 0.6 is 0 Å². The second-order valence-corrected chi connectivity index (χ2v) is 5.44. The van der Waals surface area contributed by atoms with Crippen molar-refractivity contribution in [2.24, 2.45) is 0 Å². The predicted octanol–water partition coefficient (Wildman–Crippen LogP) is 2.02. The first-order chi connectivity index (χ1) is 11.0. The Labute approximate surface area is 137 Å². The van der Waals surface area contributed by atoms with Crippen molar-refractivity contribution in [1.82, 2.24) is 9.80 Å². The van der Waals surface area contributed by atoms with Crippen molar-refractivity contribution in [3.05, 3.63) is 23.8 Å². The molecule has 0 unspecified atom stereocenters. The van der Waals surface area contributed by atoms with E-state index in [1.54, 1.807) is 9.80 Å². The summed E-state index contributed by atoms with van der Waals surface area (Å²) in [6.45, 7) is 7.92. The van der Waals surface area contributed by atoms with E-state index in [0.717, 1.165) is 11.3 Å². The summed E-state index contributed by atoms with van der Waals surface area (Å²) in [5, 5.41) is 0. The molecule has 0 bridgehead atoms. The quantitative estimate of drug-likeness (QED) is 0.771. The lowest BCUT2D eigenvalue weighted by atomic mass is 10.2. The number of ether oxygens (including phenoxy) is 2. The number of rotatable bonds is 7. The van der Waals surface area contributed by atoms with Gasteiger partial charge in [0.1, 0.15) is 0 Å².